The first-order chi connectivity index (χ1) is 15.3. The van der Waals surface area contributed by atoms with Crippen LogP contribution in [0.4, 0.5) is 0 Å². The van der Waals surface area contributed by atoms with Crippen LogP contribution in [0, 0.1) is 6.92 Å². The molecule has 148 valence electrons. The van der Waals surface area contributed by atoms with Crippen molar-refractivity contribution >= 4 is 22.1 Å². The van der Waals surface area contributed by atoms with E-state index in [0.717, 1.165) is 61.3 Å². The number of aromatic nitrogens is 7. The molecule has 0 bridgehead atoms. The summed E-state index contributed by atoms with van der Waals surface area (Å²) in [5, 5.41) is 0.998. The Labute approximate surface area is 177 Å². The molecule has 7 nitrogen and oxygen atoms in total. The van der Waals surface area contributed by atoms with Gasteiger partial charge in [0.25, 0.3) is 0 Å². The van der Waals surface area contributed by atoms with Gasteiger partial charge in [0.2, 0.25) is 0 Å². The Kier molecular flexibility index (Phi) is 3.86. The van der Waals surface area contributed by atoms with Crippen LogP contribution in [0.5, 0.6) is 0 Å². The molecule has 0 fully saturated rings. The Morgan fingerprint density at radius 3 is 2.48 bits per heavy atom. The highest BCUT2D eigenvalue weighted by atomic mass is 14.9. The van der Waals surface area contributed by atoms with Crippen LogP contribution in [-0.2, 0) is 0 Å². The second-order valence-corrected chi connectivity index (χ2v) is 7.42. The summed E-state index contributed by atoms with van der Waals surface area (Å²) in [5.41, 5.74) is 8.77. The summed E-state index contributed by atoms with van der Waals surface area (Å²) in [7, 11) is 0. The van der Waals surface area contributed by atoms with Gasteiger partial charge in [0, 0.05) is 71.0 Å². The third-order valence-electron chi connectivity index (χ3n) is 5.52. The van der Waals surface area contributed by atoms with E-state index in [0.29, 0.717) is 0 Å². The lowest BCUT2D eigenvalue weighted by Gasteiger charge is -2.05. The summed E-state index contributed by atoms with van der Waals surface area (Å²) in [6.45, 7) is 2.08. The van der Waals surface area contributed by atoms with E-state index >= 15 is 0 Å². The van der Waals surface area contributed by atoms with Crippen LogP contribution in [0.15, 0.2) is 73.8 Å². The molecule has 0 aliphatic heterocycles. The molecule has 7 heteroatoms. The molecule has 0 spiro atoms. The summed E-state index contributed by atoms with van der Waals surface area (Å²) in [6.07, 6.45) is 14.7. The van der Waals surface area contributed by atoms with Crippen molar-refractivity contribution in [1.29, 1.82) is 0 Å². The summed E-state index contributed by atoms with van der Waals surface area (Å²) in [4.78, 5) is 29.0. The summed E-state index contributed by atoms with van der Waals surface area (Å²) in [6, 6.07) is 8.06. The van der Waals surface area contributed by atoms with E-state index in [-0.39, 0.29) is 0 Å². The number of pyridine rings is 4. The molecule has 6 aromatic rings. The van der Waals surface area contributed by atoms with Crippen LogP contribution >= 0.6 is 0 Å². The molecule has 0 amide bonds. The maximum atomic E-state index is 4.93. The van der Waals surface area contributed by atoms with Gasteiger partial charge in [0.1, 0.15) is 11.5 Å². The van der Waals surface area contributed by atoms with Gasteiger partial charge in [-0.2, -0.15) is 0 Å². The molecule has 6 rings (SSSR count). The number of hydrogen-bond acceptors (Lipinski definition) is 5. The van der Waals surface area contributed by atoms with Gasteiger partial charge < -0.3 is 9.97 Å². The number of fused-ring (bicyclic) bond motifs is 2. The third-order valence-corrected chi connectivity index (χ3v) is 5.52. The van der Waals surface area contributed by atoms with E-state index in [1.165, 1.54) is 0 Å². The van der Waals surface area contributed by atoms with Gasteiger partial charge in [0.15, 0.2) is 0 Å². The Hall–Kier alpha value is -4.39. The molecule has 0 radical (unpaired) electrons. The van der Waals surface area contributed by atoms with Gasteiger partial charge in [-0.3, -0.25) is 15.0 Å². The van der Waals surface area contributed by atoms with Gasteiger partial charge in [-0.25, -0.2) is 9.97 Å². The largest absolute Gasteiger partial charge is 0.345 e. The van der Waals surface area contributed by atoms with E-state index in [4.69, 9.17) is 4.98 Å². The van der Waals surface area contributed by atoms with Crippen molar-refractivity contribution in [3.05, 3.63) is 79.4 Å². The number of nitrogens with zero attached hydrogens (tertiary/aromatic N) is 5. The number of H-pyrrole nitrogens is 2. The highest BCUT2D eigenvalue weighted by Crippen LogP contribution is 2.33. The normalized spacial score (nSPS) is 11.4. The van der Waals surface area contributed by atoms with Crippen LogP contribution < -0.4 is 0 Å². The Morgan fingerprint density at radius 1 is 0.774 bits per heavy atom. The average molecular weight is 403 g/mol. The van der Waals surface area contributed by atoms with Crippen molar-refractivity contribution < 1.29 is 0 Å². The minimum Gasteiger partial charge on any atom is -0.345 e. The molecule has 31 heavy (non-hydrogen) atoms. The van der Waals surface area contributed by atoms with Crippen LogP contribution in [-0.4, -0.2) is 34.9 Å². The maximum absolute atomic E-state index is 4.93. The number of aromatic amines is 2. The van der Waals surface area contributed by atoms with Crippen LogP contribution in [0.3, 0.4) is 0 Å². The lowest BCUT2D eigenvalue weighted by molar-refractivity contribution is 1.27. The summed E-state index contributed by atoms with van der Waals surface area (Å²) < 4.78 is 0. The van der Waals surface area contributed by atoms with E-state index in [2.05, 4.69) is 42.9 Å². The van der Waals surface area contributed by atoms with Crippen molar-refractivity contribution in [3.63, 3.8) is 0 Å². The number of hydrogen-bond donors (Lipinski definition) is 2. The van der Waals surface area contributed by atoms with Crippen molar-refractivity contribution in [2.45, 2.75) is 6.92 Å². The molecule has 0 aliphatic rings. The van der Waals surface area contributed by atoms with Crippen molar-refractivity contribution in [3.8, 4) is 33.6 Å². The fraction of sp³-hybridized carbons (Fsp3) is 0.0417. The summed E-state index contributed by atoms with van der Waals surface area (Å²) in [5.74, 6) is 0.770. The molecule has 0 unspecified atom stereocenters. The maximum Gasteiger partial charge on any atom is 0.140 e. The molecule has 6 aromatic heterocycles. The zero-order valence-corrected chi connectivity index (χ0v) is 16.7. The van der Waals surface area contributed by atoms with Crippen LogP contribution in [0.1, 0.15) is 5.56 Å². The minimum absolute atomic E-state index is 0.770. The van der Waals surface area contributed by atoms with E-state index in [9.17, 15) is 0 Å². The van der Waals surface area contributed by atoms with Gasteiger partial charge in [-0.1, -0.05) is 0 Å². The molecular formula is C24H17N7. The molecule has 0 saturated heterocycles. The first-order valence-corrected chi connectivity index (χ1v) is 9.90. The molecule has 0 aliphatic carbocycles. The Morgan fingerprint density at radius 2 is 1.61 bits per heavy atom. The topological polar surface area (TPSA) is 96.0 Å². The van der Waals surface area contributed by atoms with Gasteiger partial charge in [-0.15, -0.1) is 0 Å². The minimum atomic E-state index is 0.770. The molecule has 0 atom stereocenters. The van der Waals surface area contributed by atoms with Crippen molar-refractivity contribution in [2.75, 3.05) is 0 Å². The fourth-order valence-electron chi connectivity index (χ4n) is 3.92. The molecule has 0 aromatic carbocycles. The molecule has 6 heterocycles. The second-order valence-electron chi connectivity index (χ2n) is 7.42. The van der Waals surface area contributed by atoms with Crippen molar-refractivity contribution in [1.82, 2.24) is 34.9 Å². The first kappa shape index (κ1) is 17.5. The lowest BCUT2D eigenvalue weighted by Crippen LogP contribution is -1.87. The SMILES string of the molecule is Cc1ccncc1-c1cnc2[nH]cc(-c3nc4c(-c5ccncc5)cncc4[nH]3)c2c1. The number of imidazole rings is 1. The van der Waals surface area contributed by atoms with E-state index in [1.54, 1.807) is 24.8 Å². The predicted molar refractivity (Wildman–Crippen MR) is 120 cm³/mol. The fourth-order valence-corrected chi connectivity index (χ4v) is 3.92. The highest BCUT2D eigenvalue weighted by Gasteiger charge is 2.15. The monoisotopic (exact) mass is 403 g/mol. The molecule has 0 saturated carbocycles. The number of aryl methyl sites for hydroxylation is 1. The highest BCUT2D eigenvalue weighted by molar-refractivity contribution is 5.98. The second kappa shape index (κ2) is 6.84. The molecular weight excluding hydrogens is 386 g/mol. The predicted octanol–water partition coefficient (Wildman–Crippen LogP) is 4.93. The average Bonchev–Trinajstić information content (AvgIpc) is 3.43. The Balaban J connectivity index is 1.52. The zero-order valence-electron chi connectivity index (χ0n) is 16.7. The number of nitrogens with one attached hydrogen (secondary N) is 2. The van der Waals surface area contributed by atoms with Crippen LogP contribution in [0.2, 0.25) is 0 Å². The smallest absolute Gasteiger partial charge is 0.140 e. The zero-order chi connectivity index (χ0) is 20.8. The van der Waals surface area contributed by atoms with E-state index in [1.807, 2.05) is 43.0 Å². The van der Waals surface area contributed by atoms with Crippen LogP contribution in [0.25, 0.3) is 55.7 Å². The standard InChI is InChI=1S/C24H17N7/c1-14-2-5-26-10-18(14)16-8-17-20(12-29-23(17)28-9-16)24-30-21-13-27-11-19(22(21)31-24)15-3-6-25-7-4-15/h2-13H,1H3,(H,28,29)(H,30,31). The van der Waals surface area contributed by atoms with Gasteiger partial charge >= 0.3 is 0 Å². The van der Waals surface area contributed by atoms with Gasteiger partial charge in [0.05, 0.1) is 17.2 Å². The summed E-state index contributed by atoms with van der Waals surface area (Å²) >= 11 is 0. The Bertz CT molecular complexity index is 1550. The van der Waals surface area contributed by atoms with Crippen molar-refractivity contribution in [2.24, 2.45) is 0 Å². The van der Waals surface area contributed by atoms with Gasteiger partial charge in [-0.05, 0) is 42.3 Å². The lowest BCUT2D eigenvalue weighted by atomic mass is 10.0. The van der Waals surface area contributed by atoms with E-state index < -0.39 is 0 Å². The first-order valence-electron chi connectivity index (χ1n) is 9.90. The molecule has 2 N–H and O–H groups in total. The third kappa shape index (κ3) is 2.86. The number of rotatable bonds is 3. The quantitative estimate of drug-likeness (QED) is 0.437.